The van der Waals surface area contributed by atoms with Crippen LogP contribution in [0.2, 0.25) is 0 Å². The fraction of sp³-hybridized carbons (Fsp3) is 0.538. The van der Waals surface area contributed by atoms with E-state index in [-0.39, 0.29) is 11.3 Å². The highest BCUT2D eigenvalue weighted by Crippen LogP contribution is 2.37. The van der Waals surface area contributed by atoms with Gasteiger partial charge in [-0.25, -0.2) is 12.8 Å². The third-order valence-electron chi connectivity index (χ3n) is 3.54. The van der Waals surface area contributed by atoms with Crippen LogP contribution < -0.4 is 15.2 Å². The summed E-state index contributed by atoms with van der Waals surface area (Å²) in [6, 6.07) is 1.47. The van der Waals surface area contributed by atoms with Gasteiger partial charge in [0.2, 0.25) is 0 Å². The van der Waals surface area contributed by atoms with Crippen molar-refractivity contribution >= 4 is 9.84 Å². The molecule has 0 aliphatic carbocycles. The van der Waals surface area contributed by atoms with Gasteiger partial charge in [-0.2, -0.15) is 0 Å². The molecule has 1 aromatic rings. The van der Waals surface area contributed by atoms with E-state index in [2.05, 4.69) is 0 Å². The van der Waals surface area contributed by atoms with E-state index in [4.69, 9.17) is 15.2 Å². The summed E-state index contributed by atoms with van der Waals surface area (Å²) in [4.78, 5) is 0. The third-order valence-corrected chi connectivity index (χ3v) is 5.71. The van der Waals surface area contributed by atoms with Crippen LogP contribution in [-0.2, 0) is 9.84 Å². The van der Waals surface area contributed by atoms with Crippen LogP contribution in [0.4, 0.5) is 4.39 Å². The summed E-state index contributed by atoms with van der Waals surface area (Å²) in [6.07, 6.45) is 1.07. The number of sulfone groups is 1. The quantitative estimate of drug-likeness (QED) is 0.895. The van der Waals surface area contributed by atoms with Crippen molar-refractivity contribution in [2.45, 2.75) is 24.6 Å². The summed E-state index contributed by atoms with van der Waals surface area (Å²) in [6.45, 7) is 2.92. The molecule has 0 heterocycles. The van der Waals surface area contributed by atoms with Crippen LogP contribution in [0.5, 0.6) is 11.5 Å². The summed E-state index contributed by atoms with van der Waals surface area (Å²) >= 11 is 0. The summed E-state index contributed by atoms with van der Waals surface area (Å²) < 4.78 is 46.5. The average Bonchev–Trinajstić information content (AvgIpc) is 2.36. The Kier molecular flexibility index (Phi) is 4.66. The van der Waals surface area contributed by atoms with E-state index in [1.165, 1.54) is 34.1 Å². The number of hydrogen-bond donors (Lipinski definition) is 1. The van der Waals surface area contributed by atoms with E-state index in [1.54, 1.807) is 0 Å². The summed E-state index contributed by atoms with van der Waals surface area (Å²) in [5.74, 6) is -0.117. The predicted molar refractivity (Wildman–Crippen MR) is 75.4 cm³/mol. The second-order valence-corrected chi connectivity index (χ2v) is 7.68. The van der Waals surface area contributed by atoms with Crippen LogP contribution in [0.3, 0.4) is 0 Å². The molecule has 0 saturated carbocycles. The van der Waals surface area contributed by atoms with Gasteiger partial charge in [0, 0.05) is 17.9 Å². The largest absolute Gasteiger partial charge is 0.493 e. The molecule has 7 heteroatoms. The maximum atomic E-state index is 14.1. The van der Waals surface area contributed by atoms with Crippen molar-refractivity contribution in [3.05, 3.63) is 23.5 Å². The Labute approximate surface area is 118 Å². The number of halogens is 1. The molecule has 0 saturated heterocycles. The first-order valence-electron chi connectivity index (χ1n) is 5.92. The molecule has 1 aromatic carbocycles. The standard InChI is InChI=1S/C13H20FNO4S/c1-13(2,20(5,16)17)12(15)8-6-10(18-3)11(19-4)7-9(8)14/h6-7,12H,15H2,1-5H3. The maximum Gasteiger partial charge on any atom is 0.163 e. The second kappa shape index (κ2) is 5.57. The molecule has 0 spiro atoms. The molecule has 0 radical (unpaired) electrons. The lowest BCUT2D eigenvalue weighted by molar-refractivity contribution is 0.350. The zero-order valence-corrected chi connectivity index (χ0v) is 13.0. The van der Waals surface area contributed by atoms with Crippen molar-refractivity contribution in [3.63, 3.8) is 0 Å². The smallest absolute Gasteiger partial charge is 0.163 e. The fourth-order valence-electron chi connectivity index (χ4n) is 1.71. The zero-order valence-electron chi connectivity index (χ0n) is 12.2. The van der Waals surface area contributed by atoms with Crippen LogP contribution in [0.25, 0.3) is 0 Å². The highest BCUT2D eigenvalue weighted by atomic mass is 32.2. The maximum absolute atomic E-state index is 14.1. The molecule has 5 nitrogen and oxygen atoms in total. The minimum atomic E-state index is -3.47. The molecule has 0 amide bonds. The Hall–Kier alpha value is -1.34. The summed E-state index contributed by atoms with van der Waals surface area (Å²) in [5.41, 5.74) is 6.03. The number of ether oxygens (including phenoxy) is 2. The number of methoxy groups -OCH3 is 2. The molecule has 0 aromatic heterocycles. The Balaban J connectivity index is 3.41. The van der Waals surface area contributed by atoms with Gasteiger partial charge in [-0.05, 0) is 19.9 Å². The van der Waals surface area contributed by atoms with Crippen molar-refractivity contribution in [3.8, 4) is 11.5 Å². The van der Waals surface area contributed by atoms with Crippen LogP contribution in [0.15, 0.2) is 12.1 Å². The van der Waals surface area contributed by atoms with Crippen molar-refractivity contribution < 1.29 is 22.3 Å². The first kappa shape index (κ1) is 16.7. The van der Waals surface area contributed by atoms with E-state index in [1.807, 2.05) is 0 Å². The van der Waals surface area contributed by atoms with E-state index in [0.717, 1.165) is 12.3 Å². The van der Waals surface area contributed by atoms with Crippen molar-refractivity contribution in [1.82, 2.24) is 0 Å². The fourth-order valence-corrected chi connectivity index (χ4v) is 2.30. The molecule has 114 valence electrons. The summed E-state index contributed by atoms with van der Waals surface area (Å²) in [5, 5.41) is 0. The van der Waals surface area contributed by atoms with Gasteiger partial charge < -0.3 is 15.2 Å². The lowest BCUT2D eigenvalue weighted by Gasteiger charge is -2.30. The predicted octanol–water partition coefficient (Wildman–Crippen LogP) is 1.67. The normalized spacial score (nSPS) is 13.9. The topological polar surface area (TPSA) is 78.6 Å². The van der Waals surface area contributed by atoms with Crippen molar-refractivity contribution in [2.24, 2.45) is 5.73 Å². The molecule has 1 atom stereocenters. The van der Waals surface area contributed by atoms with Gasteiger partial charge in [-0.15, -0.1) is 0 Å². The minimum absolute atomic E-state index is 0.0677. The number of hydrogen-bond acceptors (Lipinski definition) is 5. The first-order chi connectivity index (χ1) is 9.06. The number of benzene rings is 1. The van der Waals surface area contributed by atoms with Gasteiger partial charge in [-0.3, -0.25) is 0 Å². The SMILES string of the molecule is COc1cc(F)c(C(N)C(C)(C)S(C)(=O)=O)cc1OC. The lowest BCUT2D eigenvalue weighted by Crippen LogP contribution is -2.42. The number of nitrogens with two attached hydrogens (primary N) is 1. The van der Waals surface area contributed by atoms with Crippen LogP contribution in [0, 0.1) is 5.82 Å². The van der Waals surface area contributed by atoms with E-state index < -0.39 is 26.4 Å². The van der Waals surface area contributed by atoms with E-state index in [0.29, 0.717) is 5.75 Å². The van der Waals surface area contributed by atoms with Gasteiger partial charge >= 0.3 is 0 Å². The zero-order chi connectivity index (χ0) is 15.7. The Morgan fingerprint density at radius 3 is 2.05 bits per heavy atom. The molecular weight excluding hydrogens is 285 g/mol. The molecule has 1 unspecified atom stereocenters. The molecule has 0 aliphatic heterocycles. The molecule has 0 bridgehead atoms. The Bertz CT molecular complexity index is 599. The lowest BCUT2D eigenvalue weighted by atomic mass is 9.95. The number of rotatable bonds is 5. The van der Waals surface area contributed by atoms with Gasteiger partial charge in [0.1, 0.15) is 5.82 Å². The highest BCUT2D eigenvalue weighted by Gasteiger charge is 2.39. The van der Waals surface area contributed by atoms with Crippen LogP contribution in [0.1, 0.15) is 25.5 Å². The second-order valence-electron chi connectivity index (χ2n) is 5.08. The van der Waals surface area contributed by atoms with Gasteiger partial charge in [0.05, 0.1) is 25.0 Å². The van der Waals surface area contributed by atoms with Crippen molar-refractivity contribution in [1.29, 1.82) is 0 Å². The average molecular weight is 305 g/mol. The molecule has 20 heavy (non-hydrogen) atoms. The minimum Gasteiger partial charge on any atom is -0.493 e. The highest BCUT2D eigenvalue weighted by molar-refractivity contribution is 7.92. The van der Waals surface area contributed by atoms with Crippen LogP contribution in [-0.4, -0.2) is 33.6 Å². The monoisotopic (exact) mass is 305 g/mol. The molecule has 2 N–H and O–H groups in total. The molecule has 1 rings (SSSR count). The first-order valence-corrected chi connectivity index (χ1v) is 7.82. The van der Waals surface area contributed by atoms with Crippen LogP contribution >= 0.6 is 0 Å². The molecule has 0 aliphatic rings. The molecule has 0 fully saturated rings. The van der Waals surface area contributed by atoms with Gasteiger partial charge in [-0.1, -0.05) is 0 Å². The van der Waals surface area contributed by atoms with E-state index >= 15 is 0 Å². The van der Waals surface area contributed by atoms with Gasteiger partial charge in [0.15, 0.2) is 21.3 Å². The Morgan fingerprint density at radius 1 is 1.20 bits per heavy atom. The van der Waals surface area contributed by atoms with E-state index in [9.17, 15) is 12.8 Å². The third kappa shape index (κ3) is 2.88. The summed E-state index contributed by atoms with van der Waals surface area (Å²) in [7, 11) is -0.670. The Morgan fingerprint density at radius 2 is 1.65 bits per heavy atom. The van der Waals surface area contributed by atoms with Gasteiger partial charge in [0.25, 0.3) is 0 Å². The van der Waals surface area contributed by atoms with Crippen molar-refractivity contribution in [2.75, 3.05) is 20.5 Å². The molecular formula is C13H20FNO4S.